The second-order valence-electron chi connectivity index (χ2n) is 5.21. The molecule has 0 spiro atoms. The van der Waals surface area contributed by atoms with Gasteiger partial charge in [0.25, 0.3) is 5.69 Å². The number of fused-ring (bicyclic) bond motifs is 1. The summed E-state index contributed by atoms with van der Waals surface area (Å²) < 4.78 is 22.9. The first kappa shape index (κ1) is 15.7. The van der Waals surface area contributed by atoms with Crippen molar-refractivity contribution >= 4 is 47.8 Å². The van der Waals surface area contributed by atoms with Gasteiger partial charge in [-0.3, -0.25) is 14.9 Å². The molecule has 2 aromatic rings. The van der Waals surface area contributed by atoms with Crippen LogP contribution in [0.25, 0.3) is 10.8 Å². The van der Waals surface area contributed by atoms with Crippen molar-refractivity contribution in [3.05, 3.63) is 46.5 Å². The number of amides is 1. The molecular formula is C14H11ClN2O5S. The summed E-state index contributed by atoms with van der Waals surface area (Å²) in [5.41, 5.74) is 0.372. The molecule has 7 nitrogen and oxygen atoms in total. The highest BCUT2D eigenvalue weighted by Gasteiger charge is 2.38. The zero-order chi connectivity index (χ0) is 16.8. The lowest BCUT2D eigenvalue weighted by Crippen LogP contribution is -2.26. The van der Waals surface area contributed by atoms with Crippen LogP contribution in [-0.4, -0.2) is 31.0 Å². The average Bonchev–Trinajstić information content (AvgIpc) is 2.88. The second kappa shape index (κ2) is 5.47. The van der Waals surface area contributed by atoms with Crippen molar-refractivity contribution in [1.29, 1.82) is 0 Å². The number of carbonyl (C=O) groups is 1. The number of nitro benzene ring substituents is 1. The molecule has 23 heavy (non-hydrogen) atoms. The summed E-state index contributed by atoms with van der Waals surface area (Å²) in [6, 6.07) is 9.39. The van der Waals surface area contributed by atoms with Gasteiger partial charge in [-0.05, 0) is 12.1 Å². The predicted molar refractivity (Wildman–Crippen MR) is 86.1 cm³/mol. The molecule has 1 aliphatic rings. The number of benzene rings is 2. The lowest BCUT2D eigenvalue weighted by atomic mass is 10.1. The van der Waals surface area contributed by atoms with Gasteiger partial charge in [0.1, 0.15) is 5.25 Å². The molecule has 9 heteroatoms. The topological polar surface area (TPSA) is 97.6 Å². The third-order valence-corrected chi connectivity index (χ3v) is 5.72. The molecule has 1 unspecified atom stereocenters. The highest BCUT2D eigenvalue weighted by Crippen LogP contribution is 2.36. The van der Waals surface area contributed by atoms with Crippen molar-refractivity contribution in [3.8, 4) is 0 Å². The number of rotatable bonds is 3. The van der Waals surface area contributed by atoms with Crippen molar-refractivity contribution < 1.29 is 18.1 Å². The summed E-state index contributed by atoms with van der Waals surface area (Å²) in [4.78, 5) is 24.1. The number of nitro groups is 1. The Bertz CT molecular complexity index is 928. The molecule has 1 fully saturated rings. The van der Waals surface area contributed by atoms with Crippen LogP contribution in [-0.2, 0) is 13.8 Å². The molecule has 120 valence electrons. The summed E-state index contributed by atoms with van der Waals surface area (Å²) in [7, 11) is 1.50. The molecule has 1 heterocycles. The van der Waals surface area contributed by atoms with Crippen LogP contribution >= 0.6 is 10.7 Å². The van der Waals surface area contributed by atoms with Crippen molar-refractivity contribution in [1.82, 2.24) is 0 Å². The monoisotopic (exact) mass is 354 g/mol. The van der Waals surface area contributed by atoms with Gasteiger partial charge < -0.3 is 4.90 Å². The maximum absolute atomic E-state index is 12.2. The Hall–Kier alpha value is -2.19. The number of hydrogen-bond donors (Lipinski definition) is 0. The number of carbonyl (C=O) groups excluding carboxylic acids is 1. The Balaban J connectivity index is 2.13. The van der Waals surface area contributed by atoms with Crippen molar-refractivity contribution in [3.63, 3.8) is 0 Å². The molecule has 0 aliphatic carbocycles. The van der Waals surface area contributed by atoms with Gasteiger partial charge in [-0.15, -0.1) is 0 Å². The lowest BCUT2D eigenvalue weighted by molar-refractivity contribution is -0.383. The normalized spacial score (nSPS) is 18.6. The molecule has 1 aliphatic heterocycles. The first-order chi connectivity index (χ1) is 10.8. The van der Waals surface area contributed by atoms with Gasteiger partial charge in [0.05, 0.1) is 16.0 Å². The number of non-ortho nitro benzene ring substituents is 1. The highest BCUT2D eigenvalue weighted by molar-refractivity contribution is 8.14. The van der Waals surface area contributed by atoms with Gasteiger partial charge in [-0.1, -0.05) is 18.2 Å². The smallest absolute Gasteiger partial charge is 0.277 e. The first-order valence-corrected chi connectivity index (χ1v) is 9.06. The molecule has 0 radical (unpaired) electrons. The van der Waals surface area contributed by atoms with Gasteiger partial charge >= 0.3 is 0 Å². The maximum atomic E-state index is 12.2. The highest BCUT2D eigenvalue weighted by atomic mass is 35.7. The van der Waals surface area contributed by atoms with Crippen molar-refractivity contribution in [2.75, 3.05) is 11.4 Å². The molecule has 0 saturated carbocycles. The predicted octanol–water partition coefficient (Wildman–Crippen LogP) is 2.42. The van der Waals surface area contributed by atoms with Crippen LogP contribution in [0.4, 0.5) is 11.4 Å². The minimum atomic E-state index is -3.85. The van der Waals surface area contributed by atoms with Crippen LogP contribution in [0, 0.1) is 10.1 Å². The van der Waals surface area contributed by atoms with Crippen LogP contribution in [0.1, 0.15) is 6.42 Å². The van der Waals surface area contributed by atoms with E-state index in [1.165, 1.54) is 17.0 Å². The van der Waals surface area contributed by atoms with E-state index in [9.17, 15) is 23.3 Å². The fourth-order valence-electron chi connectivity index (χ4n) is 2.76. The lowest BCUT2D eigenvalue weighted by Gasteiger charge is -2.18. The van der Waals surface area contributed by atoms with Crippen LogP contribution in [0.5, 0.6) is 0 Å². The van der Waals surface area contributed by atoms with Gasteiger partial charge in [-0.25, -0.2) is 8.42 Å². The van der Waals surface area contributed by atoms with Gasteiger partial charge in [-0.2, -0.15) is 0 Å². The maximum Gasteiger partial charge on any atom is 0.277 e. The summed E-state index contributed by atoms with van der Waals surface area (Å²) in [5, 5.41) is 11.0. The van der Waals surface area contributed by atoms with E-state index in [0.717, 1.165) is 0 Å². The Labute approximate surface area is 136 Å². The van der Waals surface area contributed by atoms with E-state index in [1.807, 2.05) is 0 Å². The quantitative estimate of drug-likeness (QED) is 0.479. The molecule has 0 aromatic heterocycles. The van der Waals surface area contributed by atoms with E-state index in [4.69, 9.17) is 10.7 Å². The molecular weight excluding hydrogens is 344 g/mol. The average molecular weight is 355 g/mol. The Morgan fingerprint density at radius 2 is 1.83 bits per heavy atom. The fourth-order valence-corrected chi connectivity index (χ4v) is 3.78. The van der Waals surface area contributed by atoms with E-state index in [0.29, 0.717) is 16.5 Å². The molecule has 0 bridgehead atoms. The summed E-state index contributed by atoms with van der Waals surface area (Å²) in [6.07, 6.45) is -0.197. The minimum Gasteiger partial charge on any atom is -0.310 e. The van der Waals surface area contributed by atoms with Crippen LogP contribution in [0.15, 0.2) is 36.4 Å². The van der Waals surface area contributed by atoms with Gasteiger partial charge in [0.2, 0.25) is 15.0 Å². The van der Waals surface area contributed by atoms with E-state index >= 15 is 0 Å². The van der Waals surface area contributed by atoms with Crippen molar-refractivity contribution in [2.24, 2.45) is 0 Å². The third kappa shape index (κ3) is 2.75. The molecule has 1 atom stereocenters. The Kier molecular flexibility index (Phi) is 3.73. The van der Waals surface area contributed by atoms with E-state index in [2.05, 4.69) is 0 Å². The van der Waals surface area contributed by atoms with E-state index < -0.39 is 19.2 Å². The summed E-state index contributed by atoms with van der Waals surface area (Å²) in [6.45, 7) is -0.0630. The second-order valence-corrected chi connectivity index (χ2v) is 8.12. The van der Waals surface area contributed by atoms with Crippen LogP contribution in [0.3, 0.4) is 0 Å². The summed E-state index contributed by atoms with van der Waals surface area (Å²) >= 11 is 0. The van der Waals surface area contributed by atoms with Crippen LogP contribution < -0.4 is 4.90 Å². The number of nitrogens with zero attached hydrogens (tertiary/aromatic N) is 2. The largest absolute Gasteiger partial charge is 0.310 e. The Morgan fingerprint density at radius 1 is 1.17 bits per heavy atom. The zero-order valence-electron chi connectivity index (χ0n) is 11.7. The number of hydrogen-bond acceptors (Lipinski definition) is 5. The SMILES string of the molecule is O=C1CC(S(=O)(=O)Cl)CN1c1ccc([N+](=O)[O-])c2ccccc12. The zero-order valence-corrected chi connectivity index (χ0v) is 13.2. The minimum absolute atomic E-state index is 0.0630. The van der Waals surface area contributed by atoms with Gasteiger partial charge in [0, 0.05) is 35.1 Å². The molecule has 1 amide bonds. The number of halogens is 1. The van der Waals surface area contributed by atoms with Gasteiger partial charge in [0.15, 0.2) is 0 Å². The van der Waals surface area contributed by atoms with E-state index in [1.54, 1.807) is 24.3 Å². The standard InChI is InChI=1S/C14H11ClN2O5S/c15-23(21,22)9-7-14(18)16(8-9)12-5-6-13(17(19)20)11-4-2-1-3-10(11)12/h1-6,9H,7-8H2. The van der Waals surface area contributed by atoms with Crippen molar-refractivity contribution in [2.45, 2.75) is 11.7 Å². The molecule has 1 saturated heterocycles. The third-order valence-electron chi connectivity index (χ3n) is 3.85. The Morgan fingerprint density at radius 3 is 2.39 bits per heavy atom. The molecule has 0 N–H and O–H groups in total. The summed E-state index contributed by atoms with van der Waals surface area (Å²) in [5.74, 6) is -0.377. The van der Waals surface area contributed by atoms with E-state index in [-0.39, 0.29) is 24.6 Å². The number of anilines is 1. The first-order valence-electron chi connectivity index (χ1n) is 6.69. The molecule has 2 aromatic carbocycles. The van der Waals surface area contributed by atoms with Crippen LogP contribution in [0.2, 0.25) is 0 Å². The molecule has 3 rings (SSSR count). The fraction of sp³-hybridized carbons (Fsp3) is 0.214.